The molecule has 1 saturated heterocycles. The molecule has 0 spiro atoms. The number of fused-ring (bicyclic) bond motifs is 1. The van der Waals surface area contributed by atoms with Gasteiger partial charge in [-0.2, -0.15) is 8.42 Å². The molecule has 1 aromatic carbocycles. The number of hydrogen-bond acceptors (Lipinski definition) is 6. The molecule has 0 bridgehead atoms. The first-order valence-corrected chi connectivity index (χ1v) is 10.2. The molecule has 1 unspecified atom stereocenters. The lowest BCUT2D eigenvalue weighted by molar-refractivity contribution is -0.124. The number of amides is 1. The molecule has 0 saturated carbocycles. The number of amidine groups is 1. The molecular weight excluding hydrogens is 356 g/mol. The van der Waals surface area contributed by atoms with Crippen molar-refractivity contribution < 1.29 is 17.9 Å². The predicted octanol–water partition coefficient (Wildman–Crippen LogP) is -0.0479. The van der Waals surface area contributed by atoms with E-state index < -0.39 is 16.1 Å². The van der Waals surface area contributed by atoms with Gasteiger partial charge in [-0.3, -0.25) is 4.79 Å². The molecule has 2 aliphatic heterocycles. The van der Waals surface area contributed by atoms with Gasteiger partial charge in [0.05, 0.1) is 6.61 Å². The number of benzene rings is 1. The topological polar surface area (TPSA) is 100 Å². The van der Waals surface area contributed by atoms with E-state index in [1.165, 1.54) is 0 Å². The normalized spacial score (nSPS) is 20.7. The molecule has 1 fully saturated rings. The van der Waals surface area contributed by atoms with E-state index in [0.717, 1.165) is 13.0 Å². The van der Waals surface area contributed by atoms with Crippen LogP contribution < -0.4 is 10.6 Å². The summed E-state index contributed by atoms with van der Waals surface area (Å²) in [5.41, 5.74) is 0.577. The molecule has 0 radical (unpaired) electrons. The third kappa shape index (κ3) is 3.89. The Morgan fingerprint density at radius 3 is 2.92 bits per heavy atom. The smallest absolute Gasteiger partial charge is 0.285 e. The summed E-state index contributed by atoms with van der Waals surface area (Å²) in [4.78, 5) is 14.6. The van der Waals surface area contributed by atoms with Gasteiger partial charge in [0.25, 0.3) is 10.0 Å². The Morgan fingerprint density at radius 2 is 2.12 bits per heavy atom. The Balaban J connectivity index is 1.65. The maximum Gasteiger partial charge on any atom is 0.285 e. The monoisotopic (exact) mass is 380 g/mol. The van der Waals surface area contributed by atoms with E-state index >= 15 is 0 Å². The molecule has 26 heavy (non-hydrogen) atoms. The van der Waals surface area contributed by atoms with Crippen LogP contribution in [0.4, 0.5) is 0 Å². The van der Waals surface area contributed by atoms with Crippen molar-refractivity contribution in [3.8, 4) is 0 Å². The van der Waals surface area contributed by atoms with Gasteiger partial charge in [-0.1, -0.05) is 12.1 Å². The van der Waals surface area contributed by atoms with Crippen molar-refractivity contribution in [2.75, 3.05) is 39.9 Å². The van der Waals surface area contributed by atoms with E-state index in [4.69, 9.17) is 4.74 Å². The molecule has 3 rings (SSSR count). The van der Waals surface area contributed by atoms with E-state index in [2.05, 4.69) is 15.0 Å². The van der Waals surface area contributed by atoms with Gasteiger partial charge in [0, 0.05) is 38.9 Å². The third-order valence-electron chi connectivity index (χ3n) is 4.52. The summed E-state index contributed by atoms with van der Waals surface area (Å²) in [5, 5.41) is 6.08. The molecule has 1 atom stereocenters. The van der Waals surface area contributed by atoms with Gasteiger partial charge in [-0.05, 0) is 25.0 Å². The molecule has 8 nitrogen and oxygen atoms in total. The number of likely N-dealkylation sites (tertiary alicyclic amines) is 1. The first-order chi connectivity index (χ1) is 12.5. The summed E-state index contributed by atoms with van der Waals surface area (Å²) in [6.07, 6.45) is 1.51. The van der Waals surface area contributed by atoms with Crippen molar-refractivity contribution >= 4 is 21.8 Å². The number of ether oxygens (including phenoxy) is 1. The van der Waals surface area contributed by atoms with Gasteiger partial charge >= 0.3 is 0 Å². The van der Waals surface area contributed by atoms with Crippen molar-refractivity contribution in [2.45, 2.75) is 23.8 Å². The molecule has 2 aliphatic rings. The van der Waals surface area contributed by atoms with Crippen LogP contribution >= 0.6 is 0 Å². The highest BCUT2D eigenvalue weighted by molar-refractivity contribution is 7.90. The van der Waals surface area contributed by atoms with E-state index in [1.807, 2.05) is 4.90 Å². The molecular formula is C17H24N4O4S. The summed E-state index contributed by atoms with van der Waals surface area (Å²) < 4.78 is 33.4. The average Bonchev–Trinajstić information content (AvgIpc) is 3.21. The maximum atomic E-state index is 12.6. The Kier molecular flexibility index (Phi) is 5.90. The SMILES string of the molecule is COCCNCCNC(=O)C1CCCN1C1=NS(=O)(=O)c2ccccc21. The summed E-state index contributed by atoms with van der Waals surface area (Å²) in [6, 6.07) is 6.36. The summed E-state index contributed by atoms with van der Waals surface area (Å²) >= 11 is 0. The zero-order valence-corrected chi connectivity index (χ0v) is 15.6. The number of nitrogens with zero attached hydrogens (tertiary/aromatic N) is 2. The molecule has 142 valence electrons. The van der Waals surface area contributed by atoms with Gasteiger partial charge in [0.1, 0.15) is 10.9 Å². The number of methoxy groups -OCH3 is 1. The lowest BCUT2D eigenvalue weighted by Crippen LogP contribution is -2.47. The second-order valence-corrected chi connectivity index (χ2v) is 7.84. The first-order valence-electron chi connectivity index (χ1n) is 8.73. The molecule has 2 N–H and O–H groups in total. The van der Waals surface area contributed by atoms with Crippen LogP contribution in [-0.4, -0.2) is 71.0 Å². The van der Waals surface area contributed by atoms with Crippen LogP contribution in [0.5, 0.6) is 0 Å². The molecule has 1 amide bonds. The molecule has 0 aromatic heterocycles. The number of hydrogen-bond donors (Lipinski definition) is 2. The van der Waals surface area contributed by atoms with Gasteiger partial charge in [0.15, 0.2) is 5.84 Å². The highest BCUT2D eigenvalue weighted by atomic mass is 32.2. The molecule has 0 aliphatic carbocycles. The fourth-order valence-electron chi connectivity index (χ4n) is 3.28. The van der Waals surface area contributed by atoms with Gasteiger partial charge in [0.2, 0.25) is 5.91 Å². The van der Waals surface area contributed by atoms with Crippen molar-refractivity contribution in [3.63, 3.8) is 0 Å². The Hall–Kier alpha value is -1.97. The van der Waals surface area contributed by atoms with Crippen LogP contribution in [-0.2, 0) is 19.6 Å². The zero-order chi connectivity index (χ0) is 18.6. The van der Waals surface area contributed by atoms with E-state index in [1.54, 1.807) is 31.4 Å². The minimum Gasteiger partial charge on any atom is -0.383 e. The van der Waals surface area contributed by atoms with E-state index in [-0.39, 0.29) is 10.8 Å². The van der Waals surface area contributed by atoms with Gasteiger partial charge in [-0.25, -0.2) is 0 Å². The van der Waals surface area contributed by atoms with Crippen LogP contribution in [0.25, 0.3) is 0 Å². The Labute approximate surface area is 153 Å². The highest BCUT2D eigenvalue weighted by Crippen LogP contribution is 2.31. The highest BCUT2D eigenvalue weighted by Gasteiger charge is 2.38. The standard InChI is InChI=1S/C17H24N4O4S/c1-25-12-10-18-8-9-19-17(22)14-6-4-11-21(14)16-13-5-2-3-7-15(13)26(23,24)20-16/h2-3,5,7,14,18H,4,6,8-12H2,1H3,(H,19,22). The minimum absolute atomic E-state index is 0.0967. The zero-order valence-electron chi connectivity index (χ0n) is 14.8. The van der Waals surface area contributed by atoms with Crippen LogP contribution in [0.15, 0.2) is 33.6 Å². The quantitative estimate of drug-likeness (QED) is 0.644. The summed E-state index contributed by atoms with van der Waals surface area (Å²) in [6.45, 7) is 3.13. The lowest BCUT2D eigenvalue weighted by atomic mass is 10.1. The Bertz CT molecular complexity index is 794. The minimum atomic E-state index is -3.68. The fourth-order valence-corrected chi connectivity index (χ4v) is 4.50. The van der Waals surface area contributed by atoms with Crippen LogP contribution in [0.1, 0.15) is 18.4 Å². The first kappa shape index (κ1) is 18.8. The molecule has 9 heteroatoms. The number of carbonyl (C=O) groups is 1. The van der Waals surface area contributed by atoms with Crippen molar-refractivity contribution in [1.29, 1.82) is 0 Å². The van der Waals surface area contributed by atoms with Crippen molar-refractivity contribution in [2.24, 2.45) is 4.40 Å². The summed E-state index contributed by atoms with van der Waals surface area (Å²) in [5.74, 6) is 0.289. The third-order valence-corrected chi connectivity index (χ3v) is 5.85. The van der Waals surface area contributed by atoms with E-state index in [0.29, 0.717) is 44.1 Å². The lowest BCUT2D eigenvalue weighted by Gasteiger charge is -2.25. The summed E-state index contributed by atoms with van der Waals surface area (Å²) in [7, 11) is -2.04. The number of carbonyl (C=O) groups excluding carboxylic acids is 1. The fraction of sp³-hybridized carbons (Fsp3) is 0.529. The Morgan fingerprint density at radius 1 is 1.31 bits per heavy atom. The van der Waals surface area contributed by atoms with Crippen molar-refractivity contribution in [1.82, 2.24) is 15.5 Å². The van der Waals surface area contributed by atoms with Gasteiger partial charge < -0.3 is 20.3 Å². The molecule has 1 aromatic rings. The predicted molar refractivity (Wildman–Crippen MR) is 97.6 cm³/mol. The van der Waals surface area contributed by atoms with Crippen molar-refractivity contribution in [3.05, 3.63) is 29.8 Å². The average molecular weight is 380 g/mol. The van der Waals surface area contributed by atoms with Crippen LogP contribution in [0.3, 0.4) is 0 Å². The maximum absolute atomic E-state index is 12.6. The molecule has 2 heterocycles. The van der Waals surface area contributed by atoms with Crippen LogP contribution in [0, 0.1) is 0 Å². The van der Waals surface area contributed by atoms with Gasteiger partial charge in [-0.15, -0.1) is 4.40 Å². The number of rotatable bonds is 7. The second kappa shape index (κ2) is 8.15. The number of nitrogens with one attached hydrogen (secondary N) is 2. The number of sulfonamides is 1. The largest absolute Gasteiger partial charge is 0.383 e. The second-order valence-electron chi connectivity index (χ2n) is 6.27. The van der Waals surface area contributed by atoms with E-state index in [9.17, 15) is 13.2 Å². The van der Waals surface area contributed by atoms with Crippen LogP contribution in [0.2, 0.25) is 0 Å².